The van der Waals surface area contributed by atoms with Crippen LogP contribution in [0.2, 0.25) is 0 Å². The second-order valence-corrected chi connectivity index (χ2v) is 6.63. The quantitative estimate of drug-likeness (QED) is 0.495. The van der Waals surface area contributed by atoms with Gasteiger partial charge in [0.15, 0.2) is 5.04 Å². The highest BCUT2D eigenvalue weighted by molar-refractivity contribution is 8.15. The fraction of sp³-hybridized carbons (Fsp3) is 0.125. The first kappa shape index (κ1) is 14.7. The summed E-state index contributed by atoms with van der Waals surface area (Å²) in [6.45, 7) is 0. The van der Waals surface area contributed by atoms with Gasteiger partial charge in [-0.1, -0.05) is 36.1 Å². The van der Waals surface area contributed by atoms with Crippen molar-refractivity contribution >= 4 is 39.9 Å². The van der Waals surface area contributed by atoms with Crippen molar-refractivity contribution in [2.24, 2.45) is 4.99 Å². The number of hydrogen-bond donors (Lipinski definition) is 1. The lowest BCUT2D eigenvalue weighted by molar-refractivity contribution is -0.619. The average molecular weight is 340 g/mol. The van der Waals surface area contributed by atoms with E-state index in [1.165, 1.54) is 30.0 Å². The minimum absolute atomic E-state index is 0.0294. The third-order valence-electron chi connectivity index (χ3n) is 4.01. The van der Waals surface area contributed by atoms with E-state index in [1.807, 2.05) is 24.3 Å². The summed E-state index contributed by atoms with van der Waals surface area (Å²) in [7, 11) is 0. The van der Waals surface area contributed by atoms with Gasteiger partial charge in [-0.3, -0.25) is 15.5 Å². The highest BCUT2D eigenvalue weighted by atomic mass is 32.2. The molecule has 1 aliphatic heterocycles. The van der Waals surface area contributed by atoms with Crippen LogP contribution in [0.3, 0.4) is 0 Å². The lowest BCUT2D eigenvalue weighted by Gasteiger charge is -2.13. The SMILES string of the molecule is Nc1c(C2=N[C@@H]3C=CC=C[C@H]3S2)[n+]([O-])c2cc(C=O)ccc2[n+]1[O-]. The largest absolute Gasteiger partial charge is 0.710 e. The van der Waals surface area contributed by atoms with E-state index >= 15 is 0 Å². The lowest BCUT2D eigenvalue weighted by Crippen LogP contribution is -2.45. The molecule has 24 heavy (non-hydrogen) atoms. The Bertz CT molecular complexity index is 968. The van der Waals surface area contributed by atoms with Gasteiger partial charge >= 0.3 is 11.5 Å². The number of fused-ring (bicyclic) bond motifs is 2. The van der Waals surface area contributed by atoms with Crippen LogP contribution in [-0.4, -0.2) is 22.6 Å². The summed E-state index contributed by atoms with van der Waals surface area (Å²) < 4.78 is 1.09. The van der Waals surface area contributed by atoms with Crippen LogP contribution < -0.4 is 15.2 Å². The third-order valence-corrected chi connectivity index (χ3v) is 5.24. The van der Waals surface area contributed by atoms with Crippen LogP contribution >= 0.6 is 11.8 Å². The van der Waals surface area contributed by atoms with Crippen LogP contribution in [0.5, 0.6) is 0 Å². The van der Waals surface area contributed by atoms with Gasteiger partial charge in [0.25, 0.3) is 5.52 Å². The molecular weight excluding hydrogens is 328 g/mol. The lowest BCUT2D eigenvalue weighted by atomic mass is 10.1. The van der Waals surface area contributed by atoms with Gasteiger partial charge in [-0.25, -0.2) is 4.73 Å². The zero-order valence-electron chi connectivity index (χ0n) is 12.3. The van der Waals surface area contributed by atoms with Crippen LogP contribution in [-0.2, 0) is 0 Å². The summed E-state index contributed by atoms with van der Waals surface area (Å²) in [6.07, 6.45) is 8.37. The van der Waals surface area contributed by atoms with Gasteiger partial charge in [-0.2, -0.15) is 4.73 Å². The van der Waals surface area contributed by atoms with Crippen LogP contribution in [0.4, 0.5) is 5.82 Å². The Kier molecular flexibility index (Phi) is 3.27. The number of carbonyl (C=O) groups is 1. The number of nitrogens with zero attached hydrogens (tertiary/aromatic N) is 3. The molecule has 2 atom stereocenters. The van der Waals surface area contributed by atoms with E-state index in [2.05, 4.69) is 4.99 Å². The highest BCUT2D eigenvalue weighted by Gasteiger charge is 2.37. The molecule has 0 spiro atoms. The van der Waals surface area contributed by atoms with E-state index in [4.69, 9.17) is 5.73 Å². The molecule has 0 radical (unpaired) electrons. The van der Waals surface area contributed by atoms with Crippen molar-refractivity contribution in [2.45, 2.75) is 11.3 Å². The second-order valence-electron chi connectivity index (χ2n) is 5.47. The number of aliphatic imine (C=N–C) groups is 1. The number of aromatic nitrogens is 2. The predicted octanol–water partition coefficient (Wildman–Crippen LogP) is 0.858. The maximum absolute atomic E-state index is 12.8. The van der Waals surface area contributed by atoms with Gasteiger partial charge in [0, 0.05) is 11.6 Å². The van der Waals surface area contributed by atoms with Crippen LogP contribution in [0.25, 0.3) is 11.0 Å². The summed E-state index contributed by atoms with van der Waals surface area (Å²) in [6, 6.07) is 4.18. The molecule has 0 saturated heterocycles. The number of thioether (sulfide) groups is 1. The van der Waals surface area contributed by atoms with Crippen molar-refractivity contribution < 1.29 is 14.3 Å². The molecule has 8 heteroatoms. The molecule has 1 aromatic heterocycles. The Morgan fingerprint density at radius 1 is 1.17 bits per heavy atom. The molecule has 2 aromatic rings. The molecule has 120 valence electrons. The third kappa shape index (κ3) is 2.07. The van der Waals surface area contributed by atoms with Crippen molar-refractivity contribution in [3.63, 3.8) is 0 Å². The van der Waals surface area contributed by atoms with Gasteiger partial charge < -0.3 is 10.4 Å². The zero-order valence-corrected chi connectivity index (χ0v) is 13.1. The van der Waals surface area contributed by atoms with Crippen LogP contribution in [0, 0.1) is 10.4 Å². The molecule has 4 rings (SSSR count). The van der Waals surface area contributed by atoms with Crippen molar-refractivity contribution in [1.29, 1.82) is 0 Å². The Labute approximate surface area is 141 Å². The summed E-state index contributed by atoms with van der Waals surface area (Å²) in [5, 5.41) is 25.7. The maximum atomic E-state index is 12.8. The smallest absolute Gasteiger partial charge is 0.353 e. The number of nitrogens with two attached hydrogens (primary N) is 1. The van der Waals surface area contributed by atoms with Gasteiger partial charge in [0.2, 0.25) is 5.52 Å². The highest BCUT2D eigenvalue weighted by Crippen LogP contribution is 2.34. The first-order valence-corrected chi connectivity index (χ1v) is 8.11. The summed E-state index contributed by atoms with van der Waals surface area (Å²) in [4.78, 5) is 15.5. The molecule has 0 saturated carbocycles. The molecular formula is C16H12N4O3S. The Morgan fingerprint density at radius 2 is 1.96 bits per heavy atom. The number of rotatable bonds is 2. The van der Waals surface area contributed by atoms with Crippen LogP contribution in [0.15, 0.2) is 47.5 Å². The number of hydrogen-bond acceptors (Lipinski definition) is 6. The molecule has 0 unspecified atom stereocenters. The number of benzene rings is 1. The Balaban J connectivity index is 1.94. The average Bonchev–Trinajstić information content (AvgIpc) is 3.03. The first-order valence-electron chi connectivity index (χ1n) is 7.23. The van der Waals surface area contributed by atoms with Crippen LogP contribution in [0.1, 0.15) is 16.1 Å². The van der Waals surface area contributed by atoms with Gasteiger partial charge in [-0.15, -0.1) is 0 Å². The topological polar surface area (TPSA) is 109 Å². The molecule has 2 aliphatic rings. The number of anilines is 1. The molecule has 7 nitrogen and oxygen atoms in total. The molecule has 1 aliphatic carbocycles. The summed E-state index contributed by atoms with van der Waals surface area (Å²) in [5.74, 6) is -0.200. The summed E-state index contributed by atoms with van der Waals surface area (Å²) in [5.41, 5.74) is 6.45. The molecule has 1 aromatic carbocycles. The van der Waals surface area contributed by atoms with E-state index in [1.54, 1.807) is 0 Å². The maximum Gasteiger partial charge on any atom is 0.353 e. The monoisotopic (exact) mass is 340 g/mol. The molecule has 0 bridgehead atoms. The van der Waals surface area contributed by atoms with Crippen molar-refractivity contribution in [3.8, 4) is 0 Å². The van der Waals surface area contributed by atoms with Gasteiger partial charge in [0.05, 0.1) is 11.3 Å². The Morgan fingerprint density at radius 3 is 2.71 bits per heavy atom. The molecule has 0 fully saturated rings. The predicted molar refractivity (Wildman–Crippen MR) is 91.7 cm³/mol. The van der Waals surface area contributed by atoms with Crippen molar-refractivity contribution in [2.75, 3.05) is 5.73 Å². The van der Waals surface area contributed by atoms with E-state index in [-0.39, 0.29) is 33.8 Å². The normalized spacial score (nSPS) is 21.8. The minimum Gasteiger partial charge on any atom is -0.710 e. The first-order chi connectivity index (χ1) is 11.6. The summed E-state index contributed by atoms with van der Waals surface area (Å²) >= 11 is 1.39. The fourth-order valence-corrected chi connectivity index (χ4v) is 4.01. The van der Waals surface area contributed by atoms with E-state index in [0.717, 1.165) is 0 Å². The zero-order chi connectivity index (χ0) is 16.8. The minimum atomic E-state index is -0.200. The van der Waals surface area contributed by atoms with Gasteiger partial charge in [-0.05, 0) is 12.1 Å². The van der Waals surface area contributed by atoms with Crippen molar-refractivity contribution in [3.05, 3.63) is 64.2 Å². The van der Waals surface area contributed by atoms with E-state index < -0.39 is 0 Å². The number of carbonyl (C=O) groups excluding carboxylic acids is 1. The molecule has 2 N–H and O–H groups in total. The number of allylic oxidation sites excluding steroid dienone is 2. The molecule has 0 amide bonds. The molecule has 2 heterocycles. The Hall–Kier alpha value is -2.87. The van der Waals surface area contributed by atoms with E-state index in [0.29, 0.717) is 26.4 Å². The fourth-order valence-electron chi connectivity index (χ4n) is 2.81. The standard InChI is InChI=1S/C16H12N4O3S/c17-15-14(16-18-10-3-1-2-4-13(10)24-16)19(22)12-7-9(8-21)5-6-11(12)20(15)23/h1-8,10,13H,17H2/t10-,13-/m1/s1. The van der Waals surface area contributed by atoms with E-state index in [9.17, 15) is 15.2 Å². The van der Waals surface area contributed by atoms with Crippen molar-refractivity contribution in [1.82, 2.24) is 0 Å². The second kappa shape index (κ2) is 5.34. The van der Waals surface area contributed by atoms with Gasteiger partial charge in [0.1, 0.15) is 6.29 Å². The number of nitrogen functional groups attached to an aromatic ring is 1. The number of aldehydes is 1.